The lowest BCUT2D eigenvalue weighted by molar-refractivity contribution is -0.115. The minimum Gasteiger partial charge on any atom is -0.435 e. The van der Waals surface area contributed by atoms with Crippen LogP contribution in [0.1, 0.15) is 18.5 Å². The van der Waals surface area contributed by atoms with Crippen LogP contribution < -0.4 is 15.4 Å². The van der Waals surface area contributed by atoms with E-state index in [9.17, 15) is 13.6 Å². The van der Waals surface area contributed by atoms with Crippen molar-refractivity contribution in [1.29, 1.82) is 0 Å². The first-order chi connectivity index (χ1) is 11.4. The van der Waals surface area contributed by atoms with E-state index in [1.165, 1.54) is 24.3 Å². The van der Waals surface area contributed by atoms with Gasteiger partial charge in [0.2, 0.25) is 5.91 Å². The number of alkyl halides is 2. The summed E-state index contributed by atoms with van der Waals surface area (Å²) < 4.78 is 28.4. The van der Waals surface area contributed by atoms with E-state index in [0.717, 1.165) is 5.56 Å². The SMILES string of the molecule is C[C@@H](NCC(=O)Nc1ccc(OC(F)F)cc1)c1ccc(Cl)cc1. The molecule has 1 atom stereocenters. The molecule has 4 nitrogen and oxygen atoms in total. The lowest BCUT2D eigenvalue weighted by atomic mass is 10.1. The van der Waals surface area contributed by atoms with Crippen molar-refractivity contribution in [2.24, 2.45) is 0 Å². The number of rotatable bonds is 7. The van der Waals surface area contributed by atoms with Gasteiger partial charge < -0.3 is 15.4 Å². The maximum absolute atomic E-state index is 12.1. The van der Waals surface area contributed by atoms with Crippen LogP contribution in [0.3, 0.4) is 0 Å². The molecule has 0 unspecified atom stereocenters. The summed E-state index contributed by atoms with van der Waals surface area (Å²) in [6, 6.07) is 13.1. The minimum absolute atomic E-state index is 0.0187. The third-order valence-corrected chi connectivity index (χ3v) is 3.55. The number of anilines is 1. The molecule has 7 heteroatoms. The Bertz CT molecular complexity index is 663. The summed E-state index contributed by atoms with van der Waals surface area (Å²) >= 11 is 5.84. The zero-order valence-electron chi connectivity index (χ0n) is 12.9. The third kappa shape index (κ3) is 5.79. The summed E-state index contributed by atoms with van der Waals surface area (Å²) in [7, 11) is 0. The monoisotopic (exact) mass is 354 g/mol. The molecule has 0 aliphatic carbocycles. The minimum atomic E-state index is -2.87. The zero-order chi connectivity index (χ0) is 17.5. The Morgan fingerprint density at radius 2 is 1.75 bits per heavy atom. The second kappa shape index (κ2) is 8.61. The fraction of sp³-hybridized carbons (Fsp3) is 0.235. The van der Waals surface area contributed by atoms with Crippen LogP contribution in [0.4, 0.5) is 14.5 Å². The molecule has 0 bridgehead atoms. The lowest BCUT2D eigenvalue weighted by Crippen LogP contribution is -2.30. The molecular formula is C17H17ClF2N2O2. The van der Waals surface area contributed by atoms with Crippen LogP contribution in [0.25, 0.3) is 0 Å². The molecule has 1 amide bonds. The Labute approximate surface area is 143 Å². The summed E-state index contributed by atoms with van der Waals surface area (Å²) in [5.74, 6) is -0.198. The first kappa shape index (κ1) is 18.2. The molecule has 2 rings (SSSR count). The number of halogens is 3. The van der Waals surface area contributed by atoms with Crippen molar-refractivity contribution in [2.75, 3.05) is 11.9 Å². The predicted octanol–water partition coefficient (Wildman–Crippen LogP) is 4.23. The van der Waals surface area contributed by atoms with Crippen molar-refractivity contribution < 1.29 is 18.3 Å². The third-order valence-electron chi connectivity index (χ3n) is 3.30. The van der Waals surface area contributed by atoms with E-state index < -0.39 is 6.61 Å². The smallest absolute Gasteiger partial charge is 0.387 e. The molecule has 2 aromatic rings. The van der Waals surface area contributed by atoms with E-state index >= 15 is 0 Å². The summed E-state index contributed by atoms with van der Waals surface area (Å²) in [5, 5.41) is 6.43. The van der Waals surface area contributed by atoms with Crippen molar-refractivity contribution >= 4 is 23.2 Å². The highest BCUT2D eigenvalue weighted by molar-refractivity contribution is 6.30. The molecule has 24 heavy (non-hydrogen) atoms. The van der Waals surface area contributed by atoms with Gasteiger partial charge in [-0.05, 0) is 48.9 Å². The molecule has 128 valence electrons. The van der Waals surface area contributed by atoms with Crippen molar-refractivity contribution in [1.82, 2.24) is 5.32 Å². The van der Waals surface area contributed by atoms with Crippen LogP contribution in [0.15, 0.2) is 48.5 Å². The van der Waals surface area contributed by atoms with Gasteiger partial charge in [-0.15, -0.1) is 0 Å². The van der Waals surface area contributed by atoms with E-state index in [1.807, 2.05) is 19.1 Å². The van der Waals surface area contributed by atoms with Gasteiger partial charge in [-0.2, -0.15) is 8.78 Å². The van der Waals surface area contributed by atoms with Gasteiger partial charge >= 0.3 is 6.61 Å². The van der Waals surface area contributed by atoms with Gasteiger partial charge in [-0.3, -0.25) is 4.79 Å². The Kier molecular flexibility index (Phi) is 6.52. The maximum atomic E-state index is 12.1. The molecule has 2 aromatic carbocycles. The number of benzene rings is 2. The fourth-order valence-electron chi connectivity index (χ4n) is 2.04. The highest BCUT2D eigenvalue weighted by atomic mass is 35.5. The number of carbonyl (C=O) groups excluding carboxylic acids is 1. The zero-order valence-corrected chi connectivity index (χ0v) is 13.7. The summed E-state index contributed by atoms with van der Waals surface area (Å²) in [4.78, 5) is 11.9. The van der Waals surface area contributed by atoms with Crippen molar-refractivity contribution in [3.8, 4) is 5.75 Å². The predicted molar refractivity (Wildman–Crippen MR) is 89.6 cm³/mol. The highest BCUT2D eigenvalue weighted by Gasteiger charge is 2.09. The van der Waals surface area contributed by atoms with Gasteiger partial charge in [-0.25, -0.2) is 0 Å². The summed E-state index contributed by atoms with van der Waals surface area (Å²) in [5.41, 5.74) is 1.52. The molecule has 0 fully saturated rings. The Hall–Kier alpha value is -2.18. The lowest BCUT2D eigenvalue weighted by Gasteiger charge is -2.14. The van der Waals surface area contributed by atoms with Gasteiger partial charge in [0.25, 0.3) is 0 Å². The fourth-order valence-corrected chi connectivity index (χ4v) is 2.17. The first-order valence-corrected chi connectivity index (χ1v) is 7.65. The molecule has 0 radical (unpaired) electrons. The quantitative estimate of drug-likeness (QED) is 0.782. The number of nitrogens with one attached hydrogen (secondary N) is 2. The average Bonchev–Trinajstić information content (AvgIpc) is 2.54. The van der Waals surface area contributed by atoms with Crippen LogP contribution in [0, 0.1) is 0 Å². The number of hydrogen-bond donors (Lipinski definition) is 2. The summed E-state index contributed by atoms with van der Waals surface area (Å²) in [6.45, 7) is -0.824. The Morgan fingerprint density at radius 3 is 2.33 bits per heavy atom. The van der Waals surface area contributed by atoms with Gasteiger partial charge in [0, 0.05) is 16.8 Å². The van der Waals surface area contributed by atoms with E-state index in [0.29, 0.717) is 10.7 Å². The van der Waals surface area contributed by atoms with Gasteiger partial charge in [0.05, 0.1) is 6.54 Å². The Morgan fingerprint density at radius 1 is 1.12 bits per heavy atom. The standard InChI is InChI=1S/C17H17ClF2N2O2/c1-11(12-2-4-13(18)5-3-12)21-10-16(23)22-14-6-8-15(9-7-14)24-17(19)20/h2-9,11,17,21H,10H2,1H3,(H,22,23)/t11-/m1/s1. The van der Waals surface area contributed by atoms with Crippen LogP contribution in [-0.2, 0) is 4.79 Å². The highest BCUT2D eigenvalue weighted by Crippen LogP contribution is 2.18. The topological polar surface area (TPSA) is 50.4 Å². The number of carbonyl (C=O) groups is 1. The van der Waals surface area contributed by atoms with E-state index in [4.69, 9.17) is 11.6 Å². The molecule has 0 spiro atoms. The second-order valence-corrected chi connectivity index (χ2v) is 5.54. The number of ether oxygens (including phenoxy) is 1. The second-order valence-electron chi connectivity index (χ2n) is 5.11. The first-order valence-electron chi connectivity index (χ1n) is 7.27. The van der Waals surface area contributed by atoms with Crippen LogP contribution in [0.2, 0.25) is 5.02 Å². The van der Waals surface area contributed by atoms with Gasteiger partial charge in [0.15, 0.2) is 0 Å². The molecule has 0 aliphatic rings. The van der Waals surface area contributed by atoms with E-state index in [1.54, 1.807) is 12.1 Å². The van der Waals surface area contributed by atoms with Gasteiger partial charge in [0.1, 0.15) is 5.75 Å². The molecule has 0 saturated carbocycles. The molecule has 0 aliphatic heterocycles. The maximum Gasteiger partial charge on any atom is 0.387 e. The largest absolute Gasteiger partial charge is 0.435 e. The average molecular weight is 355 g/mol. The van der Waals surface area contributed by atoms with Crippen LogP contribution in [0.5, 0.6) is 5.75 Å². The van der Waals surface area contributed by atoms with Crippen LogP contribution >= 0.6 is 11.6 Å². The molecule has 0 heterocycles. The van der Waals surface area contributed by atoms with E-state index in [2.05, 4.69) is 15.4 Å². The molecule has 0 saturated heterocycles. The molecule has 2 N–H and O–H groups in total. The number of hydrogen-bond acceptors (Lipinski definition) is 3. The molecular weight excluding hydrogens is 338 g/mol. The van der Waals surface area contributed by atoms with Gasteiger partial charge in [-0.1, -0.05) is 23.7 Å². The normalized spacial score (nSPS) is 12.0. The molecule has 0 aromatic heterocycles. The van der Waals surface area contributed by atoms with Crippen LogP contribution in [-0.4, -0.2) is 19.1 Å². The van der Waals surface area contributed by atoms with Crippen molar-refractivity contribution in [3.63, 3.8) is 0 Å². The van der Waals surface area contributed by atoms with Crippen molar-refractivity contribution in [3.05, 3.63) is 59.1 Å². The Balaban J connectivity index is 1.81. The number of amides is 1. The van der Waals surface area contributed by atoms with Crippen molar-refractivity contribution in [2.45, 2.75) is 19.6 Å². The van der Waals surface area contributed by atoms with E-state index in [-0.39, 0.29) is 24.2 Å². The summed E-state index contributed by atoms with van der Waals surface area (Å²) in [6.07, 6.45) is 0.